The number of rotatable bonds is 4. The lowest BCUT2D eigenvalue weighted by molar-refractivity contribution is 0.625. The van der Waals surface area contributed by atoms with Gasteiger partial charge in [0.05, 0.1) is 0 Å². The highest BCUT2D eigenvalue weighted by Gasteiger charge is 2.10. The average molecular weight is 298 g/mol. The highest BCUT2D eigenvalue weighted by atomic mass is 35.5. The van der Waals surface area contributed by atoms with Crippen molar-refractivity contribution in [1.82, 2.24) is 5.32 Å². The largest absolute Gasteiger partial charge is 0.313 e. The van der Waals surface area contributed by atoms with Gasteiger partial charge < -0.3 is 5.32 Å². The zero-order valence-electron chi connectivity index (χ0n) is 10.5. The van der Waals surface area contributed by atoms with Crippen LogP contribution in [0.5, 0.6) is 0 Å². The molecule has 0 aliphatic rings. The number of hydrogen-bond acceptors (Lipinski definition) is 1. The molecule has 0 radical (unpaired) electrons. The summed E-state index contributed by atoms with van der Waals surface area (Å²) in [5.74, 6) is -0.292. The standard InChI is InChI=1S/C15H14Cl2FN/c1-2-19-9-10-3-5-12(15(18)7-10)13-8-11(16)4-6-14(13)17/h3-8,19H,2,9H2,1H3. The summed E-state index contributed by atoms with van der Waals surface area (Å²) >= 11 is 12.0. The minimum atomic E-state index is -0.292. The second kappa shape index (κ2) is 6.38. The Hall–Kier alpha value is -1.09. The summed E-state index contributed by atoms with van der Waals surface area (Å²) in [5.41, 5.74) is 1.98. The summed E-state index contributed by atoms with van der Waals surface area (Å²) < 4.78 is 14.1. The molecular formula is C15H14Cl2FN. The maximum absolute atomic E-state index is 14.1. The molecule has 0 aliphatic heterocycles. The van der Waals surface area contributed by atoms with Crippen molar-refractivity contribution in [3.63, 3.8) is 0 Å². The van der Waals surface area contributed by atoms with Gasteiger partial charge in [0.2, 0.25) is 0 Å². The van der Waals surface area contributed by atoms with Gasteiger partial charge in [-0.3, -0.25) is 0 Å². The summed E-state index contributed by atoms with van der Waals surface area (Å²) in [7, 11) is 0. The second-order valence-electron chi connectivity index (χ2n) is 4.22. The van der Waals surface area contributed by atoms with Gasteiger partial charge in [-0.1, -0.05) is 42.3 Å². The minimum Gasteiger partial charge on any atom is -0.313 e. The zero-order valence-corrected chi connectivity index (χ0v) is 12.0. The van der Waals surface area contributed by atoms with Gasteiger partial charge in [0.25, 0.3) is 0 Å². The van der Waals surface area contributed by atoms with E-state index in [0.717, 1.165) is 12.1 Å². The fraction of sp³-hybridized carbons (Fsp3) is 0.200. The van der Waals surface area contributed by atoms with E-state index < -0.39 is 0 Å². The lowest BCUT2D eigenvalue weighted by Crippen LogP contribution is -2.11. The van der Waals surface area contributed by atoms with Gasteiger partial charge in [-0.05, 0) is 36.4 Å². The molecule has 1 nitrogen and oxygen atoms in total. The summed E-state index contributed by atoms with van der Waals surface area (Å²) in [6, 6.07) is 10.2. The molecule has 0 spiro atoms. The number of benzene rings is 2. The summed E-state index contributed by atoms with van der Waals surface area (Å²) in [6.07, 6.45) is 0. The van der Waals surface area contributed by atoms with Gasteiger partial charge >= 0.3 is 0 Å². The molecule has 100 valence electrons. The van der Waals surface area contributed by atoms with E-state index in [1.54, 1.807) is 24.3 Å². The quantitative estimate of drug-likeness (QED) is 0.845. The molecule has 1 N–H and O–H groups in total. The first kappa shape index (κ1) is 14.3. The molecule has 0 amide bonds. The van der Waals surface area contributed by atoms with Crippen molar-refractivity contribution in [2.24, 2.45) is 0 Å². The Morgan fingerprint density at radius 2 is 1.84 bits per heavy atom. The molecular weight excluding hydrogens is 284 g/mol. The molecule has 2 aromatic carbocycles. The molecule has 0 aromatic heterocycles. The predicted molar refractivity (Wildman–Crippen MR) is 79.2 cm³/mol. The van der Waals surface area contributed by atoms with E-state index in [1.165, 1.54) is 6.07 Å². The second-order valence-corrected chi connectivity index (χ2v) is 5.06. The van der Waals surface area contributed by atoms with Gasteiger partial charge in [-0.15, -0.1) is 0 Å². The van der Waals surface area contributed by atoms with E-state index in [1.807, 2.05) is 13.0 Å². The Morgan fingerprint density at radius 1 is 1.05 bits per heavy atom. The van der Waals surface area contributed by atoms with Gasteiger partial charge in [-0.25, -0.2) is 4.39 Å². The molecule has 0 saturated heterocycles. The first-order valence-corrected chi connectivity index (χ1v) is 6.82. The number of halogens is 3. The smallest absolute Gasteiger partial charge is 0.131 e. The van der Waals surface area contributed by atoms with Crippen LogP contribution < -0.4 is 5.32 Å². The van der Waals surface area contributed by atoms with Crippen LogP contribution in [-0.2, 0) is 6.54 Å². The molecule has 0 aliphatic carbocycles. The van der Waals surface area contributed by atoms with Crippen LogP contribution in [0, 0.1) is 5.82 Å². The molecule has 2 aromatic rings. The first-order valence-electron chi connectivity index (χ1n) is 6.06. The average Bonchev–Trinajstić information content (AvgIpc) is 2.40. The van der Waals surface area contributed by atoms with E-state index in [9.17, 15) is 4.39 Å². The monoisotopic (exact) mass is 297 g/mol. The van der Waals surface area contributed by atoms with Crippen LogP contribution in [0.2, 0.25) is 10.0 Å². The highest BCUT2D eigenvalue weighted by molar-refractivity contribution is 6.35. The zero-order chi connectivity index (χ0) is 13.8. The fourth-order valence-corrected chi connectivity index (χ4v) is 2.25. The molecule has 0 bridgehead atoms. The van der Waals surface area contributed by atoms with Gasteiger partial charge in [0, 0.05) is 27.7 Å². The molecule has 0 atom stereocenters. The Balaban J connectivity index is 2.37. The molecule has 0 saturated carbocycles. The number of hydrogen-bond donors (Lipinski definition) is 1. The van der Waals surface area contributed by atoms with E-state index in [4.69, 9.17) is 23.2 Å². The molecule has 0 fully saturated rings. The summed E-state index contributed by atoms with van der Waals surface area (Å²) in [4.78, 5) is 0. The third-order valence-corrected chi connectivity index (χ3v) is 3.40. The highest BCUT2D eigenvalue weighted by Crippen LogP contribution is 2.32. The normalized spacial score (nSPS) is 10.7. The Bertz CT molecular complexity index is 584. The Morgan fingerprint density at radius 3 is 2.53 bits per heavy atom. The van der Waals surface area contributed by atoms with Crippen LogP contribution in [0.4, 0.5) is 4.39 Å². The lowest BCUT2D eigenvalue weighted by atomic mass is 10.0. The van der Waals surface area contributed by atoms with Gasteiger partial charge in [-0.2, -0.15) is 0 Å². The van der Waals surface area contributed by atoms with Crippen molar-refractivity contribution in [3.8, 4) is 11.1 Å². The SMILES string of the molecule is CCNCc1ccc(-c2cc(Cl)ccc2Cl)c(F)c1. The van der Waals surface area contributed by atoms with Crippen molar-refractivity contribution in [2.45, 2.75) is 13.5 Å². The Labute approximate surface area is 122 Å². The van der Waals surface area contributed by atoms with Crippen LogP contribution in [-0.4, -0.2) is 6.54 Å². The minimum absolute atomic E-state index is 0.292. The van der Waals surface area contributed by atoms with Crippen LogP contribution >= 0.6 is 23.2 Å². The predicted octanol–water partition coefficient (Wildman–Crippen LogP) is 4.91. The van der Waals surface area contributed by atoms with E-state index in [-0.39, 0.29) is 5.82 Å². The van der Waals surface area contributed by atoms with Crippen molar-refractivity contribution >= 4 is 23.2 Å². The molecule has 4 heteroatoms. The van der Waals surface area contributed by atoms with Gasteiger partial charge in [0.15, 0.2) is 0 Å². The molecule has 19 heavy (non-hydrogen) atoms. The number of nitrogens with one attached hydrogen (secondary N) is 1. The third-order valence-electron chi connectivity index (χ3n) is 2.83. The van der Waals surface area contributed by atoms with Crippen molar-refractivity contribution in [1.29, 1.82) is 0 Å². The van der Waals surface area contributed by atoms with Gasteiger partial charge in [0.1, 0.15) is 5.82 Å². The topological polar surface area (TPSA) is 12.0 Å². The van der Waals surface area contributed by atoms with E-state index >= 15 is 0 Å². The van der Waals surface area contributed by atoms with E-state index in [0.29, 0.717) is 27.7 Å². The maximum atomic E-state index is 14.1. The van der Waals surface area contributed by atoms with Crippen LogP contribution in [0.25, 0.3) is 11.1 Å². The maximum Gasteiger partial charge on any atom is 0.131 e. The summed E-state index contributed by atoms with van der Waals surface area (Å²) in [6.45, 7) is 3.51. The van der Waals surface area contributed by atoms with E-state index in [2.05, 4.69) is 5.32 Å². The molecule has 0 unspecified atom stereocenters. The van der Waals surface area contributed by atoms with Crippen molar-refractivity contribution < 1.29 is 4.39 Å². The van der Waals surface area contributed by atoms with Crippen LogP contribution in [0.15, 0.2) is 36.4 Å². The molecule has 0 heterocycles. The molecule has 2 rings (SSSR count). The van der Waals surface area contributed by atoms with Crippen molar-refractivity contribution in [3.05, 3.63) is 57.8 Å². The van der Waals surface area contributed by atoms with Crippen LogP contribution in [0.3, 0.4) is 0 Å². The third kappa shape index (κ3) is 3.47. The van der Waals surface area contributed by atoms with Crippen molar-refractivity contribution in [2.75, 3.05) is 6.54 Å². The summed E-state index contributed by atoms with van der Waals surface area (Å²) in [5, 5.41) is 4.18. The Kier molecular flexibility index (Phi) is 4.81. The lowest BCUT2D eigenvalue weighted by Gasteiger charge is -2.09. The fourth-order valence-electron chi connectivity index (χ4n) is 1.86. The van der Waals surface area contributed by atoms with Crippen LogP contribution in [0.1, 0.15) is 12.5 Å². The first-order chi connectivity index (χ1) is 9.11.